The molecule has 11 nitrogen and oxygen atoms in total. The molecule has 5 N–H and O–H groups in total. The highest BCUT2D eigenvalue weighted by Gasteiger charge is 2.24. The van der Waals surface area contributed by atoms with Crippen LogP contribution >= 0.6 is 0 Å². The van der Waals surface area contributed by atoms with Gasteiger partial charge < -0.3 is 20.7 Å². The summed E-state index contributed by atoms with van der Waals surface area (Å²) in [6.07, 6.45) is 7.01. The molecule has 1 aromatic carbocycles. The van der Waals surface area contributed by atoms with Crippen molar-refractivity contribution in [3.63, 3.8) is 0 Å². The number of aliphatic carboxylic acids is 1. The van der Waals surface area contributed by atoms with Crippen molar-refractivity contribution >= 4 is 38.6 Å². The fourth-order valence-electron chi connectivity index (χ4n) is 4.41. The Bertz CT molecular complexity index is 1300. The third-order valence-corrected chi connectivity index (χ3v) is 6.81. The maximum atomic E-state index is 12.9. The van der Waals surface area contributed by atoms with Gasteiger partial charge in [-0.05, 0) is 49.4 Å². The van der Waals surface area contributed by atoms with Gasteiger partial charge in [0, 0.05) is 24.0 Å². The second-order valence-electron chi connectivity index (χ2n) is 8.79. The number of sulfonamides is 1. The first-order chi connectivity index (χ1) is 16.7. The number of carbonyl (C=O) groups is 2. The number of H-pyrrole nitrogens is 1. The highest BCUT2D eigenvalue weighted by atomic mass is 32.2. The number of hydrogen-bond donors (Lipinski definition) is 5. The van der Waals surface area contributed by atoms with Crippen molar-refractivity contribution in [2.24, 2.45) is 0 Å². The Morgan fingerprint density at radius 2 is 1.77 bits per heavy atom. The number of benzene rings is 1. The van der Waals surface area contributed by atoms with Gasteiger partial charge in [0.05, 0.1) is 24.1 Å². The molecular weight excluding hydrogens is 472 g/mol. The van der Waals surface area contributed by atoms with Crippen LogP contribution in [0.15, 0.2) is 42.9 Å². The van der Waals surface area contributed by atoms with E-state index < -0.39 is 27.9 Å². The number of carboxylic acid groups (broad SMARTS) is 1. The van der Waals surface area contributed by atoms with E-state index in [1.165, 1.54) is 12.6 Å². The number of aromatic amines is 1. The van der Waals surface area contributed by atoms with Crippen molar-refractivity contribution in [2.45, 2.75) is 50.2 Å². The zero-order valence-electron chi connectivity index (χ0n) is 19.2. The standard InChI is InChI=1S/C23H28N6O5S/c1-35(33,34)29-17-8-6-16(7-9-17)27-15-4-2-14(3-5-15)19(12-20(30)31)28-23(32)21-18-10-11-24-22(18)26-13-25-21/h2-5,10-11,13,16-17,19,27,29H,6-9,12H2,1H3,(H,28,32)(H,30,31)(H,24,25,26)/t16?,17?,19-/m1/s1. The van der Waals surface area contributed by atoms with Gasteiger partial charge in [0.25, 0.3) is 5.91 Å². The Balaban J connectivity index is 1.40. The molecule has 2 aromatic heterocycles. The van der Waals surface area contributed by atoms with Crippen LogP contribution in [0.4, 0.5) is 5.69 Å². The van der Waals surface area contributed by atoms with Gasteiger partial charge >= 0.3 is 5.97 Å². The molecule has 0 aliphatic heterocycles. The molecule has 0 spiro atoms. The lowest BCUT2D eigenvalue weighted by Crippen LogP contribution is -2.39. The second kappa shape index (κ2) is 10.4. The largest absolute Gasteiger partial charge is 0.481 e. The van der Waals surface area contributed by atoms with E-state index in [0.717, 1.165) is 31.4 Å². The Morgan fingerprint density at radius 3 is 2.43 bits per heavy atom. The summed E-state index contributed by atoms with van der Waals surface area (Å²) in [5.41, 5.74) is 2.23. The average molecular weight is 501 g/mol. The first kappa shape index (κ1) is 24.6. The van der Waals surface area contributed by atoms with E-state index >= 15 is 0 Å². The molecular formula is C23H28N6O5S. The van der Waals surface area contributed by atoms with Crippen molar-refractivity contribution in [3.8, 4) is 0 Å². The number of nitrogens with one attached hydrogen (secondary N) is 4. The number of rotatable bonds is 9. The summed E-state index contributed by atoms with van der Waals surface area (Å²) in [5, 5.41) is 16.2. The molecule has 1 amide bonds. The van der Waals surface area contributed by atoms with Crippen LogP contribution < -0.4 is 15.4 Å². The van der Waals surface area contributed by atoms with E-state index in [9.17, 15) is 23.1 Å². The topological polar surface area (TPSA) is 166 Å². The Kier molecular flexibility index (Phi) is 7.31. The quantitative estimate of drug-likeness (QED) is 0.298. The molecule has 1 atom stereocenters. The van der Waals surface area contributed by atoms with Crippen molar-refractivity contribution in [1.82, 2.24) is 25.0 Å². The van der Waals surface area contributed by atoms with Crippen molar-refractivity contribution < 1.29 is 23.1 Å². The van der Waals surface area contributed by atoms with E-state index in [2.05, 4.69) is 30.3 Å². The van der Waals surface area contributed by atoms with Gasteiger partial charge in [0.2, 0.25) is 10.0 Å². The van der Waals surface area contributed by atoms with Crippen molar-refractivity contribution in [3.05, 3.63) is 54.1 Å². The van der Waals surface area contributed by atoms with Crippen molar-refractivity contribution in [2.75, 3.05) is 11.6 Å². The van der Waals surface area contributed by atoms with Gasteiger partial charge in [-0.15, -0.1) is 0 Å². The summed E-state index contributed by atoms with van der Waals surface area (Å²) in [7, 11) is -3.21. The highest BCUT2D eigenvalue weighted by molar-refractivity contribution is 7.88. The van der Waals surface area contributed by atoms with E-state index in [-0.39, 0.29) is 24.2 Å². The molecule has 3 aromatic rings. The smallest absolute Gasteiger partial charge is 0.305 e. The first-order valence-corrected chi connectivity index (χ1v) is 13.2. The average Bonchev–Trinajstić information content (AvgIpc) is 3.28. The van der Waals surface area contributed by atoms with Crippen LogP contribution in [0.5, 0.6) is 0 Å². The van der Waals surface area contributed by atoms with E-state index in [0.29, 0.717) is 16.6 Å². The van der Waals surface area contributed by atoms with E-state index in [1.54, 1.807) is 24.4 Å². The summed E-state index contributed by atoms with van der Waals surface area (Å²) >= 11 is 0. The SMILES string of the molecule is CS(=O)(=O)NC1CCC(Nc2ccc([C@@H](CC(=O)O)NC(=O)c3ncnc4[nH]ccc34)cc2)CC1. The fourth-order valence-corrected chi connectivity index (χ4v) is 5.25. The summed E-state index contributed by atoms with van der Waals surface area (Å²) in [4.78, 5) is 35.4. The Hall–Kier alpha value is -3.51. The molecule has 2 heterocycles. The first-order valence-electron chi connectivity index (χ1n) is 11.3. The van der Waals surface area contributed by atoms with Gasteiger partial charge in [-0.1, -0.05) is 12.1 Å². The number of carboxylic acids is 1. The molecule has 1 saturated carbocycles. The number of hydrogen-bond acceptors (Lipinski definition) is 7. The predicted molar refractivity (Wildman–Crippen MR) is 130 cm³/mol. The van der Waals surface area contributed by atoms with E-state index in [4.69, 9.17) is 0 Å². The third kappa shape index (κ3) is 6.55. The van der Waals surface area contributed by atoms with E-state index in [1.807, 2.05) is 12.1 Å². The maximum absolute atomic E-state index is 12.9. The molecule has 12 heteroatoms. The zero-order valence-corrected chi connectivity index (χ0v) is 20.0. The molecule has 0 unspecified atom stereocenters. The molecule has 0 bridgehead atoms. The number of amides is 1. The highest BCUT2D eigenvalue weighted by Crippen LogP contribution is 2.25. The minimum atomic E-state index is -3.21. The monoisotopic (exact) mass is 500 g/mol. The minimum absolute atomic E-state index is 0.0341. The van der Waals surface area contributed by atoms with Crippen LogP contribution in [0.3, 0.4) is 0 Å². The van der Waals surface area contributed by atoms with Crippen LogP contribution in [-0.2, 0) is 14.8 Å². The summed E-state index contributed by atoms with van der Waals surface area (Å²) in [6, 6.07) is 8.43. The molecule has 35 heavy (non-hydrogen) atoms. The number of anilines is 1. The minimum Gasteiger partial charge on any atom is -0.481 e. The fraction of sp³-hybridized carbons (Fsp3) is 0.391. The van der Waals surface area contributed by atoms with Crippen LogP contribution in [0.1, 0.15) is 54.2 Å². The molecule has 4 rings (SSSR count). The molecule has 1 fully saturated rings. The Morgan fingerprint density at radius 1 is 1.09 bits per heavy atom. The number of carbonyl (C=O) groups excluding carboxylic acids is 1. The van der Waals surface area contributed by atoms with Gasteiger partial charge in [0.15, 0.2) is 0 Å². The molecule has 1 aliphatic carbocycles. The van der Waals surface area contributed by atoms with Crippen molar-refractivity contribution in [1.29, 1.82) is 0 Å². The number of nitrogens with zero attached hydrogens (tertiary/aromatic N) is 2. The maximum Gasteiger partial charge on any atom is 0.305 e. The number of aromatic nitrogens is 3. The molecule has 1 aliphatic rings. The number of fused-ring (bicyclic) bond motifs is 1. The molecule has 186 valence electrons. The molecule has 0 saturated heterocycles. The molecule has 0 radical (unpaired) electrons. The third-order valence-electron chi connectivity index (χ3n) is 6.04. The summed E-state index contributed by atoms with van der Waals surface area (Å²) < 4.78 is 25.5. The summed E-state index contributed by atoms with van der Waals surface area (Å²) in [5.74, 6) is -1.52. The van der Waals surface area contributed by atoms with Crippen LogP contribution in [0, 0.1) is 0 Å². The van der Waals surface area contributed by atoms with Crippen LogP contribution in [-0.4, -0.2) is 58.7 Å². The van der Waals surface area contributed by atoms with Crippen LogP contribution in [0.25, 0.3) is 11.0 Å². The van der Waals surface area contributed by atoms with Gasteiger partial charge in [-0.3, -0.25) is 9.59 Å². The van der Waals surface area contributed by atoms with Gasteiger partial charge in [0.1, 0.15) is 17.7 Å². The predicted octanol–water partition coefficient (Wildman–Crippen LogP) is 2.18. The normalized spacial score (nSPS) is 19.2. The van der Waals surface area contributed by atoms with Gasteiger partial charge in [-0.25, -0.2) is 23.1 Å². The van der Waals surface area contributed by atoms with Crippen LogP contribution in [0.2, 0.25) is 0 Å². The lowest BCUT2D eigenvalue weighted by Gasteiger charge is -2.30. The summed E-state index contributed by atoms with van der Waals surface area (Å²) in [6.45, 7) is 0. The lowest BCUT2D eigenvalue weighted by molar-refractivity contribution is -0.137. The zero-order chi connectivity index (χ0) is 25.0. The lowest BCUT2D eigenvalue weighted by atomic mass is 9.91. The Labute approximate surface area is 202 Å². The van der Waals surface area contributed by atoms with Gasteiger partial charge in [-0.2, -0.15) is 0 Å². The second-order valence-corrected chi connectivity index (χ2v) is 10.6.